The molecule has 5 aliphatic rings. The predicted molar refractivity (Wildman–Crippen MR) is 262 cm³/mol. The van der Waals surface area contributed by atoms with E-state index in [0.717, 1.165) is 47.7 Å². The largest absolute Gasteiger partial charge is 0.464 e. The lowest BCUT2D eigenvalue weighted by molar-refractivity contribution is -0.138. The van der Waals surface area contributed by atoms with E-state index in [1.54, 1.807) is 33.5 Å². The Morgan fingerprint density at radius 2 is 1.43 bits per heavy atom. The molecular weight excluding hydrogens is 949 g/mol. The second-order valence-electron chi connectivity index (χ2n) is 19.9. The summed E-state index contributed by atoms with van der Waals surface area (Å²) in [7, 11) is 2.44. The van der Waals surface area contributed by atoms with E-state index in [0.29, 0.717) is 110 Å². The van der Waals surface area contributed by atoms with Gasteiger partial charge in [0.15, 0.2) is 0 Å². The molecule has 4 aliphatic heterocycles. The first-order valence-corrected chi connectivity index (χ1v) is 25.5. The molecule has 4 amide bonds. The summed E-state index contributed by atoms with van der Waals surface area (Å²) in [5, 5.41) is 6.02. The minimum atomic E-state index is -2.06. The standard InChI is InChI=1S/C52H57F2N9O8S/c1-52(2,54)44(60-51(67)69-4)48(65)62-18-6-8-37(62)46-55-25-33(57-46)29-11-12-35-31(21-29)23-38-42-32(53)22-30(24-39(42)71-49(63(35)38)41-14-13-40(72-41)27-9-10-27)34-26-56-45(58-34)36-7-5-17-61(36)47(64)43(59-50(66)68-3)28-15-19-70-20-16-28/h11-14,21-28,36-37,43-44,49H,5-10,15-20H2,1-4H3,(H,55,57)(H,56,58)(H,59,66)(H,60,67)/t36-,37-,43?,44?,49?/m0/s1. The number of likely N-dealkylation sites (tertiary alicyclic amines) is 2. The molecule has 4 N–H and O–H groups in total. The summed E-state index contributed by atoms with van der Waals surface area (Å²) in [5.41, 5.74) is 2.36. The Balaban J connectivity index is 0.896. The van der Waals surface area contributed by atoms with Crippen molar-refractivity contribution in [3.63, 3.8) is 0 Å². The molecule has 4 fully saturated rings. The number of aromatic nitrogens is 5. The number of rotatable bonds is 12. The van der Waals surface area contributed by atoms with Crippen molar-refractivity contribution in [2.75, 3.05) is 40.5 Å². The number of H-pyrrole nitrogens is 2. The van der Waals surface area contributed by atoms with Crippen molar-refractivity contribution in [2.45, 2.75) is 107 Å². The van der Waals surface area contributed by atoms with Crippen molar-refractivity contribution in [3.05, 3.63) is 88.1 Å². The number of hydrogen-bond donors (Lipinski definition) is 4. The van der Waals surface area contributed by atoms with E-state index in [4.69, 9.17) is 24.2 Å². The van der Waals surface area contributed by atoms with Gasteiger partial charge < -0.3 is 49.3 Å². The molecule has 0 bridgehead atoms. The quantitative estimate of drug-likeness (QED) is 0.0918. The molecule has 3 saturated heterocycles. The van der Waals surface area contributed by atoms with E-state index in [-0.39, 0.29) is 17.9 Å². The SMILES string of the molecule is COC(=O)NC(C(=O)N1CCC[C@H]1c1ncc(-c2cc(F)c3c(c2)OC(c2ccc(C4CC4)s2)n2c-3cc3cc(-c4cnc([C@@H]5CCCN5C(=O)C(NC(=O)OC)C(C)(C)F)[nH]4)ccc32)[nH]1)C1CCOCC1. The Kier molecular flexibility index (Phi) is 12.5. The smallest absolute Gasteiger partial charge is 0.407 e. The number of methoxy groups -OCH3 is 2. The summed E-state index contributed by atoms with van der Waals surface area (Å²) in [6.45, 7) is 4.37. The summed E-state index contributed by atoms with van der Waals surface area (Å²) in [4.78, 5) is 74.5. The zero-order valence-electron chi connectivity index (χ0n) is 40.5. The first-order chi connectivity index (χ1) is 34.8. The number of aromatic amines is 2. The van der Waals surface area contributed by atoms with Crippen LogP contribution in [0.5, 0.6) is 5.75 Å². The van der Waals surface area contributed by atoms with Gasteiger partial charge in [-0.3, -0.25) is 14.2 Å². The highest BCUT2D eigenvalue weighted by Crippen LogP contribution is 2.50. The van der Waals surface area contributed by atoms with Gasteiger partial charge in [-0.05, 0) is 120 Å². The number of nitrogens with one attached hydrogen (secondary N) is 4. The number of alkyl halides is 1. The van der Waals surface area contributed by atoms with E-state index in [2.05, 4.69) is 42.0 Å². The Hall–Kier alpha value is -6.80. The number of halogens is 2. The zero-order valence-corrected chi connectivity index (χ0v) is 41.3. The fourth-order valence-electron chi connectivity index (χ4n) is 11.0. The molecule has 3 unspecified atom stereocenters. The molecule has 2 aromatic carbocycles. The average Bonchev–Trinajstić information content (AvgIpc) is 4.11. The first kappa shape index (κ1) is 47.5. The van der Waals surface area contributed by atoms with Crippen LogP contribution in [-0.2, 0) is 23.8 Å². The van der Waals surface area contributed by atoms with Crippen LogP contribution < -0.4 is 15.4 Å². The third-order valence-corrected chi connectivity index (χ3v) is 16.1. The molecule has 1 aliphatic carbocycles. The lowest BCUT2D eigenvalue weighted by Crippen LogP contribution is -2.56. The van der Waals surface area contributed by atoms with E-state index in [9.17, 15) is 19.2 Å². The third kappa shape index (κ3) is 8.85. The number of benzene rings is 2. The van der Waals surface area contributed by atoms with Gasteiger partial charge in [-0.1, -0.05) is 6.07 Å². The van der Waals surface area contributed by atoms with Gasteiger partial charge in [-0.25, -0.2) is 28.3 Å². The van der Waals surface area contributed by atoms with Crippen molar-refractivity contribution < 1.29 is 46.9 Å². The maximum atomic E-state index is 17.0. The van der Waals surface area contributed by atoms with Crippen LogP contribution in [0.1, 0.15) is 111 Å². The molecule has 8 heterocycles. The highest BCUT2D eigenvalue weighted by molar-refractivity contribution is 7.12. The van der Waals surface area contributed by atoms with Crippen LogP contribution in [0.25, 0.3) is 44.7 Å². The van der Waals surface area contributed by atoms with Crippen molar-refractivity contribution in [1.29, 1.82) is 0 Å². The van der Waals surface area contributed by atoms with E-state index < -0.39 is 53.9 Å². The second kappa shape index (κ2) is 19.0. The Morgan fingerprint density at radius 3 is 2.08 bits per heavy atom. The highest BCUT2D eigenvalue weighted by Gasteiger charge is 2.44. The monoisotopic (exact) mass is 1010 g/mol. The van der Waals surface area contributed by atoms with Crippen molar-refractivity contribution in [1.82, 2.24) is 44.9 Å². The van der Waals surface area contributed by atoms with Gasteiger partial charge in [0.05, 0.1) is 71.7 Å². The molecule has 0 spiro atoms. The normalized spacial score (nSPS) is 20.9. The number of nitrogens with zero attached hydrogens (tertiary/aromatic N) is 5. The summed E-state index contributed by atoms with van der Waals surface area (Å²) >= 11 is 1.71. The molecule has 72 heavy (non-hydrogen) atoms. The molecular formula is C52H57F2N9O8S. The number of ether oxygens (including phenoxy) is 4. The molecule has 4 aromatic heterocycles. The number of imidazole rings is 2. The third-order valence-electron chi connectivity index (χ3n) is 14.9. The van der Waals surface area contributed by atoms with Crippen LogP contribution in [0.2, 0.25) is 0 Å². The molecule has 6 aromatic rings. The number of thiophene rings is 1. The van der Waals surface area contributed by atoms with Crippen molar-refractivity contribution in [3.8, 4) is 39.5 Å². The number of carbonyl (C=O) groups excluding carboxylic acids is 4. The van der Waals surface area contributed by atoms with Gasteiger partial charge in [0.1, 0.15) is 41.0 Å². The molecule has 20 heteroatoms. The van der Waals surface area contributed by atoms with Crippen molar-refractivity contribution in [2.24, 2.45) is 5.92 Å². The molecule has 17 nitrogen and oxygen atoms in total. The van der Waals surface area contributed by atoms with Crippen LogP contribution in [0.3, 0.4) is 0 Å². The highest BCUT2D eigenvalue weighted by atomic mass is 32.1. The molecule has 378 valence electrons. The van der Waals surface area contributed by atoms with Gasteiger partial charge >= 0.3 is 12.2 Å². The van der Waals surface area contributed by atoms with Gasteiger partial charge in [0, 0.05) is 47.7 Å². The fraction of sp³-hybridized carbons (Fsp3) is 0.462. The van der Waals surface area contributed by atoms with Gasteiger partial charge in [0.25, 0.3) is 0 Å². The van der Waals surface area contributed by atoms with Gasteiger partial charge in [-0.2, -0.15) is 0 Å². The fourth-order valence-corrected chi connectivity index (χ4v) is 12.2. The summed E-state index contributed by atoms with van der Waals surface area (Å²) in [5.74, 6) is 0.672. The Bertz CT molecular complexity index is 3060. The average molecular weight is 1010 g/mol. The van der Waals surface area contributed by atoms with Gasteiger partial charge in [0.2, 0.25) is 18.0 Å². The van der Waals surface area contributed by atoms with Crippen LogP contribution in [0, 0.1) is 11.7 Å². The number of carbonyl (C=O) groups is 4. The Labute approximate surface area is 417 Å². The molecule has 11 rings (SSSR count). The topological polar surface area (TPSA) is 198 Å². The number of alkyl carbamates (subject to hydrolysis) is 2. The van der Waals surface area contributed by atoms with Crippen LogP contribution in [0.15, 0.2) is 60.9 Å². The Morgan fingerprint density at radius 1 is 0.792 bits per heavy atom. The molecule has 5 atom stereocenters. The maximum absolute atomic E-state index is 17.0. The van der Waals surface area contributed by atoms with E-state index in [1.165, 1.54) is 31.9 Å². The molecule has 1 saturated carbocycles. The zero-order chi connectivity index (χ0) is 50.0. The molecule has 0 radical (unpaired) electrons. The second-order valence-corrected chi connectivity index (χ2v) is 21.1. The van der Waals surface area contributed by atoms with Crippen LogP contribution >= 0.6 is 11.3 Å². The summed E-state index contributed by atoms with van der Waals surface area (Å²) in [6.07, 6.45) is 7.45. The first-order valence-electron chi connectivity index (χ1n) is 24.7. The van der Waals surface area contributed by atoms with Gasteiger partial charge in [-0.15, -0.1) is 11.3 Å². The van der Waals surface area contributed by atoms with Crippen LogP contribution in [-0.4, -0.2) is 117 Å². The lowest BCUT2D eigenvalue weighted by atomic mass is 9.90. The van der Waals surface area contributed by atoms with Crippen LogP contribution in [0.4, 0.5) is 18.4 Å². The van der Waals surface area contributed by atoms with E-state index >= 15 is 8.78 Å². The lowest BCUT2D eigenvalue weighted by Gasteiger charge is -2.34. The summed E-state index contributed by atoms with van der Waals surface area (Å²) in [6, 6.07) is 12.5. The minimum Gasteiger partial charge on any atom is -0.464 e. The van der Waals surface area contributed by atoms with E-state index in [1.807, 2.05) is 30.3 Å². The van der Waals surface area contributed by atoms with Crippen molar-refractivity contribution >= 4 is 46.2 Å². The number of amides is 4. The summed E-state index contributed by atoms with van der Waals surface area (Å²) < 4.78 is 56.5. The predicted octanol–water partition coefficient (Wildman–Crippen LogP) is 9.06. The minimum absolute atomic E-state index is 0.105. The maximum Gasteiger partial charge on any atom is 0.407 e. The number of fused-ring (bicyclic) bond motifs is 5. The number of hydrogen-bond acceptors (Lipinski definition) is 11.